The summed E-state index contributed by atoms with van der Waals surface area (Å²) in [5.41, 5.74) is 0.203. The average Bonchev–Trinajstić information content (AvgIpc) is 2.81. The van der Waals surface area contributed by atoms with E-state index in [9.17, 15) is 15.0 Å². The molecule has 1 aromatic rings. The normalized spacial score (nSPS) is 27.3. The van der Waals surface area contributed by atoms with E-state index in [1.807, 2.05) is 32.9 Å². The number of amidine groups is 1. The SMILES string of the molecule is CCCC1(C(=O)N[C@H](C)C2CCCCC2)NC(c2ccc(CNCC)cn2)=NC(O)C1O. The van der Waals surface area contributed by atoms with Gasteiger partial charge in [-0.15, -0.1) is 0 Å². The van der Waals surface area contributed by atoms with Gasteiger partial charge in [0.1, 0.15) is 17.3 Å². The Morgan fingerprint density at radius 2 is 2.00 bits per heavy atom. The van der Waals surface area contributed by atoms with Crippen molar-refractivity contribution in [3.63, 3.8) is 0 Å². The lowest BCUT2D eigenvalue weighted by Gasteiger charge is -2.43. The van der Waals surface area contributed by atoms with Crippen molar-refractivity contribution in [3.8, 4) is 0 Å². The van der Waals surface area contributed by atoms with Crippen molar-refractivity contribution < 1.29 is 15.0 Å². The summed E-state index contributed by atoms with van der Waals surface area (Å²) in [5, 5.41) is 31.1. The largest absolute Gasteiger partial charge is 0.385 e. The molecule has 1 fully saturated rings. The van der Waals surface area contributed by atoms with E-state index in [4.69, 9.17) is 0 Å². The monoisotopic (exact) mass is 445 g/mol. The summed E-state index contributed by atoms with van der Waals surface area (Å²) in [5.74, 6) is 0.475. The number of aliphatic hydroxyl groups is 2. The van der Waals surface area contributed by atoms with Gasteiger partial charge in [0.2, 0.25) is 5.91 Å². The maximum absolute atomic E-state index is 13.5. The van der Waals surface area contributed by atoms with Crippen molar-refractivity contribution in [1.82, 2.24) is 20.9 Å². The van der Waals surface area contributed by atoms with E-state index in [1.165, 1.54) is 19.3 Å². The summed E-state index contributed by atoms with van der Waals surface area (Å²) in [6.45, 7) is 7.63. The number of hydrogen-bond donors (Lipinski definition) is 5. The van der Waals surface area contributed by atoms with Crippen LogP contribution in [0.4, 0.5) is 0 Å². The first-order chi connectivity index (χ1) is 15.4. The molecule has 1 aliphatic heterocycles. The van der Waals surface area contributed by atoms with Crippen LogP contribution in [0.3, 0.4) is 0 Å². The van der Waals surface area contributed by atoms with Crippen LogP contribution in [-0.2, 0) is 11.3 Å². The van der Waals surface area contributed by atoms with Crippen LogP contribution in [0.2, 0.25) is 0 Å². The van der Waals surface area contributed by atoms with Crippen LogP contribution in [0.25, 0.3) is 0 Å². The van der Waals surface area contributed by atoms with Crippen LogP contribution in [0.15, 0.2) is 23.3 Å². The van der Waals surface area contributed by atoms with E-state index in [0.717, 1.165) is 24.9 Å². The van der Waals surface area contributed by atoms with E-state index in [0.29, 0.717) is 36.8 Å². The van der Waals surface area contributed by atoms with Gasteiger partial charge in [0.25, 0.3) is 0 Å². The van der Waals surface area contributed by atoms with Gasteiger partial charge in [0.15, 0.2) is 12.1 Å². The number of pyridine rings is 1. The molecule has 3 rings (SSSR count). The zero-order valence-electron chi connectivity index (χ0n) is 19.6. The van der Waals surface area contributed by atoms with Gasteiger partial charge in [-0.3, -0.25) is 9.78 Å². The molecular weight excluding hydrogens is 406 g/mol. The number of amides is 1. The molecule has 1 saturated carbocycles. The molecule has 5 N–H and O–H groups in total. The molecule has 0 radical (unpaired) electrons. The lowest BCUT2D eigenvalue weighted by molar-refractivity contribution is -0.139. The van der Waals surface area contributed by atoms with E-state index < -0.39 is 17.9 Å². The van der Waals surface area contributed by atoms with Crippen molar-refractivity contribution in [1.29, 1.82) is 0 Å². The molecule has 1 aliphatic carbocycles. The lowest BCUT2D eigenvalue weighted by atomic mass is 9.81. The Kier molecular flexibility index (Phi) is 8.62. The Bertz CT molecular complexity index is 778. The fourth-order valence-corrected chi connectivity index (χ4v) is 4.84. The summed E-state index contributed by atoms with van der Waals surface area (Å²) >= 11 is 0. The molecule has 178 valence electrons. The quantitative estimate of drug-likeness (QED) is 0.396. The molecule has 3 unspecified atom stereocenters. The zero-order valence-corrected chi connectivity index (χ0v) is 19.6. The first-order valence-corrected chi connectivity index (χ1v) is 12.1. The second-order valence-corrected chi connectivity index (χ2v) is 9.17. The molecule has 8 nitrogen and oxygen atoms in total. The highest BCUT2D eigenvalue weighted by atomic mass is 16.3. The molecule has 1 amide bonds. The maximum Gasteiger partial charge on any atom is 0.248 e. The van der Waals surface area contributed by atoms with Crippen molar-refractivity contribution in [2.75, 3.05) is 6.54 Å². The smallest absolute Gasteiger partial charge is 0.248 e. The standard InChI is InChI=1S/C24H39N5O3/c1-4-13-24(23(32)27-16(3)18-9-7-6-8-10-18)20(30)22(31)28-21(29-24)19-12-11-17(15-26-19)14-25-5-2/h11-12,15-16,18,20,22,25,30-31H,4-10,13-14H2,1-3H3,(H,27,32)(H,28,29)/t16-,20?,22?,24?/m1/s1. The predicted octanol–water partition coefficient (Wildman–Crippen LogP) is 1.84. The minimum absolute atomic E-state index is 0.00784. The molecule has 8 heteroatoms. The molecule has 4 atom stereocenters. The third kappa shape index (κ3) is 5.47. The Labute approximate surface area is 191 Å². The highest BCUT2D eigenvalue weighted by Crippen LogP contribution is 2.29. The van der Waals surface area contributed by atoms with Crippen LogP contribution in [-0.4, -0.2) is 57.4 Å². The summed E-state index contributed by atoms with van der Waals surface area (Å²) in [7, 11) is 0. The summed E-state index contributed by atoms with van der Waals surface area (Å²) in [6, 6.07) is 3.77. The summed E-state index contributed by atoms with van der Waals surface area (Å²) in [6.07, 6.45) is 5.88. The number of nitrogens with one attached hydrogen (secondary N) is 3. The molecule has 32 heavy (non-hydrogen) atoms. The van der Waals surface area contributed by atoms with Crippen molar-refractivity contribution in [2.24, 2.45) is 10.9 Å². The van der Waals surface area contributed by atoms with Crippen LogP contribution in [0, 0.1) is 5.92 Å². The Balaban J connectivity index is 1.81. The second kappa shape index (κ2) is 11.2. The molecule has 0 saturated heterocycles. The number of nitrogens with zero attached hydrogens (tertiary/aromatic N) is 2. The molecule has 1 aromatic heterocycles. The third-order valence-electron chi connectivity index (χ3n) is 6.80. The van der Waals surface area contributed by atoms with Crippen LogP contribution in [0.1, 0.15) is 77.0 Å². The van der Waals surface area contributed by atoms with Gasteiger partial charge < -0.3 is 26.2 Å². The zero-order chi connectivity index (χ0) is 23.1. The maximum atomic E-state index is 13.5. The average molecular weight is 446 g/mol. The highest BCUT2D eigenvalue weighted by molar-refractivity contribution is 6.02. The molecule has 2 heterocycles. The number of rotatable bonds is 9. The van der Waals surface area contributed by atoms with Gasteiger partial charge in [-0.1, -0.05) is 45.6 Å². The van der Waals surface area contributed by atoms with Crippen LogP contribution < -0.4 is 16.0 Å². The Hall–Kier alpha value is -2.03. The van der Waals surface area contributed by atoms with Crippen molar-refractivity contribution in [2.45, 2.75) is 96.2 Å². The van der Waals surface area contributed by atoms with E-state index in [-0.39, 0.29) is 11.9 Å². The molecule has 2 aliphatic rings. The predicted molar refractivity (Wildman–Crippen MR) is 125 cm³/mol. The topological polar surface area (TPSA) is 119 Å². The van der Waals surface area contributed by atoms with Crippen molar-refractivity contribution in [3.05, 3.63) is 29.6 Å². The number of carbonyl (C=O) groups is 1. The minimum Gasteiger partial charge on any atom is -0.385 e. The first kappa shape index (κ1) is 24.6. The number of hydrogen-bond acceptors (Lipinski definition) is 7. The third-order valence-corrected chi connectivity index (χ3v) is 6.80. The van der Waals surface area contributed by atoms with Crippen LogP contribution in [0.5, 0.6) is 0 Å². The number of aliphatic hydroxyl groups excluding tert-OH is 2. The fourth-order valence-electron chi connectivity index (χ4n) is 4.84. The summed E-state index contributed by atoms with van der Waals surface area (Å²) in [4.78, 5) is 22.2. The summed E-state index contributed by atoms with van der Waals surface area (Å²) < 4.78 is 0. The Morgan fingerprint density at radius 1 is 1.25 bits per heavy atom. The van der Waals surface area contributed by atoms with Crippen molar-refractivity contribution >= 4 is 11.7 Å². The Morgan fingerprint density at radius 3 is 2.62 bits per heavy atom. The van der Waals surface area contributed by atoms with Gasteiger partial charge in [-0.25, -0.2) is 4.99 Å². The van der Waals surface area contributed by atoms with Gasteiger partial charge in [-0.05, 0) is 50.3 Å². The molecule has 0 spiro atoms. The number of aromatic nitrogens is 1. The van der Waals surface area contributed by atoms with Gasteiger partial charge in [0, 0.05) is 18.8 Å². The molecule has 0 bridgehead atoms. The van der Waals surface area contributed by atoms with E-state index in [1.54, 1.807) is 6.20 Å². The second-order valence-electron chi connectivity index (χ2n) is 9.17. The van der Waals surface area contributed by atoms with E-state index >= 15 is 0 Å². The van der Waals surface area contributed by atoms with Crippen LogP contribution >= 0.6 is 0 Å². The van der Waals surface area contributed by atoms with E-state index in [2.05, 4.69) is 25.9 Å². The fraction of sp³-hybridized carbons (Fsp3) is 0.708. The molecular formula is C24H39N5O3. The highest BCUT2D eigenvalue weighted by Gasteiger charge is 2.51. The van der Waals surface area contributed by atoms with Gasteiger partial charge >= 0.3 is 0 Å². The van der Waals surface area contributed by atoms with Gasteiger partial charge in [0.05, 0.1) is 0 Å². The minimum atomic E-state index is -1.41. The van der Waals surface area contributed by atoms with Gasteiger partial charge in [-0.2, -0.15) is 0 Å². The number of carbonyl (C=O) groups excluding carboxylic acids is 1. The number of aliphatic imine (C=N–C) groups is 1. The first-order valence-electron chi connectivity index (χ1n) is 12.1. The molecule has 0 aromatic carbocycles. The lowest BCUT2D eigenvalue weighted by Crippen LogP contribution is -2.71.